The first-order chi connectivity index (χ1) is 6.59. The molecule has 1 aromatic heterocycles. The van der Waals surface area contributed by atoms with Crippen molar-refractivity contribution < 1.29 is 4.79 Å². The Morgan fingerprint density at radius 1 is 1.64 bits per heavy atom. The third kappa shape index (κ3) is 1.68. The Balaban J connectivity index is 2.20. The van der Waals surface area contributed by atoms with E-state index in [1.165, 1.54) is 11.3 Å². The molecule has 0 aliphatic carbocycles. The molecule has 1 aromatic rings. The number of nitrogens with zero attached hydrogens (tertiary/aromatic N) is 2. The third-order valence-corrected chi connectivity index (χ3v) is 5.24. The molecule has 1 saturated heterocycles. The number of carbonyl (C=O) groups is 1. The summed E-state index contributed by atoms with van der Waals surface area (Å²) in [6.07, 6.45) is 0.824. The Morgan fingerprint density at radius 3 is 2.71 bits per heavy atom. The first-order valence-corrected chi connectivity index (χ1v) is 6.37. The molecule has 0 bridgehead atoms. The molecule has 0 spiro atoms. The molecule has 7 heteroatoms. The third-order valence-electron chi connectivity index (χ3n) is 2.13. The summed E-state index contributed by atoms with van der Waals surface area (Å²) >= 11 is 8.16. The minimum Gasteiger partial charge on any atom is -0.368 e. The summed E-state index contributed by atoms with van der Waals surface area (Å²) in [6.45, 7) is 0.847. The molecule has 1 unspecified atom stereocenters. The van der Waals surface area contributed by atoms with E-state index in [0.29, 0.717) is 0 Å². The minimum atomic E-state index is -0.279. The van der Waals surface area contributed by atoms with Crippen molar-refractivity contribution in [1.29, 1.82) is 0 Å². The van der Waals surface area contributed by atoms with Crippen LogP contribution in [0.4, 0.5) is 5.13 Å². The SMILES string of the molecule is NC(=O)C1CCN1c1nc(Br)c(Br)s1. The molecular formula is C7H7Br2N3OS. The van der Waals surface area contributed by atoms with Crippen molar-refractivity contribution in [3.05, 3.63) is 8.39 Å². The first kappa shape index (κ1) is 10.4. The number of primary amides is 1. The van der Waals surface area contributed by atoms with E-state index in [4.69, 9.17) is 5.73 Å². The number of amides is 1. The van der Waals surface area contributed by atoms with Crippen molar-refractivity contribution in [2.75, 3.05) is 11.4 Å². The number of rotatable bonds is 2. The summed E-state index contributed by atoms with van der Waals surface area (Å²) in [5, 5.41) is 0.832. The normalized spacial score (nSPS) is 20.7. The average Bonchev–Trinajstić information content (AvgIpc) is 2.27. The van der Waals surface area contributed by atoms with Crippen LogP contribution in [-0.4, -0.2) is 23.5 Å². The van der Waals surface area contributed by atoms with Crippen molar-refractivity contribution in [2.24, 2.45) is 5.73 Å². The zero-order valence-corrected chi connectivity index (χ0v) is 11.0. The smallest absolute Gasteiger partial charge is 0.240 e. The van der Waals surface area contributed by atoms with E-state index in [1.807, 2.05) is 4.90 Å². The second kappa shape index (κ2) is 3.79. The summed E-state index contributed by atoms with van der Waals surface area (Å²) in [4.78, 5) is 17.2. The van der Waals surface area contributed by atoms with Gasteiger partial charge < -0.3 is 10.6 Å². The van der Waals surface area contributed by atoms with Gasteiger partial charge in [-0.25, -0.2) is 4.98 Å². The lowest BCUT2D eigenvalue weighted by Crippen LogP contribution is -2.55. The molecule has 4 nitrogen and oxygen atoms in total. The predicted octanol–water partition coefficient (Wildman–Crippen LogP) is 1.73. The van der Waals surface area contributed by atoms with Crippen LogP contribution in [0.5, 0.6) is 0 Å². The van der Waals surface area contributed by atoms with E-state index >= 15 is 0 Å². The zero-order valence-electron chi connectivity index (χ0n) is 7.04. The zero-order chi connectivity index (χ0) is 10.3. The summed E-state index contributed by atoms with van der Waals surface area (Å²) in [5.41, 5.74) is 5.24. The Labute approximate surface area is 102 Å². The van der Waals surface area contributed by atoms with Crippen LogP contribution >= 0.6 is 43.2 Å². The number of aromatic nitrogens is 1. The number of carbonyl (C=O) groups excluding carboxylic acids is 1. The number of hydrogen-bond donors (Lipinski definition) is 1. The maximum atomic E-state index is 11.0. The van der Waals surface area contributed by atoms with Crippen LogP contribution in [0.25, 0.3) is 0 Å². The lowest BCUT2D eigenvalue weighted by Gasteiger charge is -2.38. The number of halogens is 2. The highest BCUT2D eigenvalue weighted by molar-refractivity contribution is 9.13. The first-order valence-electron chi connectivity index (χ1n) is 3.97. The van der Waals surface area contributed by atoms with Gasteiger partial charge in [-0.05, 0) is 38.3 Å². The van der Waals surface area contributed by atoms with Crippen molar-refractivity contribution in [2.45, 2.75) is 12.5 Å². The van der Waals surface area contributed by atoms with Gasteiger partial charge in [-0.15, -0.1) is 0 Å². The van der Waals surface area contributed by atoms with E-state index in [9.17, 15) is 4.79 Å². The number of thiazole rings is 1. The van der Waals surface area contributed by atoms with Crippen LogP contribution in [-0.2, 0) is 4.79 Å². The van der Waals surface area contributed by atoms with Gasteiger partial charge >= 0.3 is 0 Å². The Morgan fingerprint density at radius 2 is 2.36 bits per heavy atom. The molecule has 2 N–H and O–H groups in total. The minimum absolute atomic E-state index is 0.181. The predicted molar refractivity (Wildman–Crippen MR) is 62.5 cm³/mol. The monoisotopic (exact) mass is 339 g/mol. The lowest BCUT2D eigenvalue weighted by atomic mass is 10.0. The highest BCUT2D eigenvalue weighted by Crippen LogP contribution is 2.37. The second-order valence-corrected chi connectivity index (χ2v) is 6.01. The highest BCUT2D eigenvalue weighted by atomic mass is 79.9. The van der Waals surface area contributed by atoms with E-state index in [1.54, 1.807) is 0 Å². The van der Waals surface area contributed by atoms with E-state index in [-0.39, 0.29) is 11.9 Å². The van der Waals surface area contributed by atoms with E-state index < -0.39 is 0 Å². The van der Waals surface area contributed by atoms with Gasteiger partial charge in [-0.1, -0.05) is 11.3 Å². The van der Waals surface area contributed by atoms with Gasteiger partial charge in [0.15, 0.2) is 5.13 Å². The molecule has 0 radical (unpaired) electrons. The molecule has 1 aliphatic heterocycles. The summed E-state index contributed by atoms with van der Waals surface area (Å²) in [5.74, 6) is -0.279. The average molecular weight is 341 g/mol. The highest BCUT2D eigenvalue weighted by Gasteiger charge is 2.34. The molecule has 1 amide bonds. The van der Waals surface area contributed by atoms with Crippen LogP contribution in [0, 0.1) is 0 Å². The molecule has 0 saturated carbocycles. The fraction of sp³-hybridized carbons (Fsp3) is 0.429. The number of hydrogen-bond acceptors (Lipinski definition) is 4. The molecule has 2 rings (SSSR count). The van der Waals surface area contributed by atoms with Gasteiger partial charge in [-0.2, -0.15) is 0 Å². The fourth-order valence-corrected chi connectivity index (χ4v) is 3.12. The van der Waals surface area contributed by atoms with Gasteiger partial charge in [0.25, 0.3) is 0 Å². The summed E-state index contributed by atoms with van der Waals surface area (Å²) in [6, 6.07) is -0.181. The second-order valence-electron chi connectivity index (χ2n) is 2.96. The molecule has 14 heavy (non-hydrogen) atoms. The molecule has 1 fully saturated rings. The maximum absolute atomic E-state index is 11.0. The van der Waals surface area contributed by atoms with Crippen LogP contribution in [0.1, 0.15) is 6.42 Å². The maximum Gasteiger partial charge on any atom is 0.240 e. The molecular weight excluding hydrogens is 334 g/mol. The molecule has 1 atom stereocenters. The van der Waals surface area contributed by atoms with Crippen molar-refractivity contribution in [3.8, 4) is 0 Å². The Hall–Kier alpha value is -0.140. The summed E-state index contributed by atoms with van der Waals surface area (Å²) < 4.78 is 1.70. The van der Waals surface area contributed by atoms with Crippen molar-refractivity contribution in [3.63, 3.8) is 0 Å². The lowest BCUT2D eigenvalue weighted by molar-refractivity contribution is -0.120. The summed E-state index contributed by atoms with van der Waals surface area (Å²) in [7, 11) is 0. The van der Waals surface area contributed by atoms with Crippen LogP contribution in [0.2, 0.25) is 0 Å². The van der Waals surface area contributed by atoms with Crippen LogP contribution in [0.3, 0.4) is 0 Å². The fourth-order valence-electron chi connectivity index (χ4n) is 1.31. The van der Waals surface area contributed by atoms with Gasteiger partial charge in [0, 0.05) is 6.54 Å². The van der Waals surface area contributed by atoms with Crippen LogP contribution in [0.15, 0.2) is 8.39 Å². The van der Waals surface area contributed by atoms with Gasteiger partial charge in [0.2, 0.25) is 5.91 Å². The molecule has 76 valence electrons. The number of anilines is 1. The van der Waals surface area contributed by atoms with E-state index in [2.05, 4.69) is 36.8 Å². The molecule has 0 aromatic carbocycles. The van der Waals surface area contributed by atoms with E-state index in [0.717, 1.165) is 26.5 Å². The standard InChI is InChI=1S/C7H7Br2N3OS/c8-4-5(9)14-7(11-4)12-2-1-3(12)6(10)13/h3H,1-2H2,(H2,10,13). The number of nitrogens with two attached hydrogens (primary N) is 1. The molecule has 2 heterocycles. The molecule has 1 aliphatic rings. The van der Waals surface area contributed by atoms with Crippen molar-refractivity contribution in [1.82, 2.24) is 4.98 Å². The Kier molecular flexibility index (Phi) is 2.81. The Bertz CT molecular complexity index is 362. The largest absolute Gasteiger partial charge is 0.368 e. The topological polar surface area (TPSA) is 59.2 Å². The van der Waals surface area contributed by atoms with Crippen LogP contribution < -0.4 is 10.6 Å². The van der Waals surface area contributed by atoms with Gasteiger partial charge in [0.05, 0.1) is 0 Å². The van der Waals surface area contributed by atoms with Crippen molar-refractivity contribution >= 4 is 54.2 Å². The van der Waals surface area contributed by atoms with Gasteiger partial charge in [0.1, 0.15) is 14.4 Å². The quantitative estimate of drug-likeness (QED) is 0.892. The van der Waals surface area contributed by atoms with Gasteiger partial charge in [-0.3, -0.25) is 4.79 Å².